The topological polar surface area (TPSA) is 70.4 Å². The molecule has 0 atom stereocenters. The first-order valence-corrected chi connectivity index (χ1v) is 11.0. The fourth-order valence-corrected chi connectivity index (χ4v) is 4.73. The van der Waals surface area contributed by atoms with E-state index >= 15 is 0 Å². The van der Waals surface area contributed by atoms with Crippen molar-refractivity contribution >= 4 is 23.5 Å². The Morgan fingerprint density at radius 2 is 2.03 bits per heavy atom. The summed E-state index contributed by atoms with van der Waals surface area (Å²) in [6.45, 7) is 4.17. The van der Waals surface area contributed by atoms with E-state index in [1.165, 1.54) is 0 Å². The summed E-state index contributed by atoms with van der Waals surface area (Å²) >= 11 is 6.27. The molecule has 0 aliphatic carbocycles. The zero-order chi connectivity index (χ0) is 22.5. The van der Waals surface area contributed by atoms with Crippen molar-refractivity contribution in [2.75, 3.05) is 13.5 Å². The molecule has 0 unspecified atom stereocenters. The first-order chi connectivity index (χ1) is 16.1. The molecule has 0 saturated heterocycles. The lowest BCUT2D eigenvalue weighted by atomic mass is 9.99. The molecule has 0 fully saturated rings. The lowest BCUT2D eigenvalue weighted by Crippen LogP contribution is -2.31. The second-order valence-corrected chi connectivity index (χ2v) is 8.68. The summed E-state index contributed by atoms with van der Waals surface area (Å²) < 4.78 is 28.5. The molecule has 3 aromatic rings. The van der Waals surface area contributed by atoms with Crippen molar-refractivity contribution in [3.05, 3.63) is 81.0 Å². The summed E-state index contributed by atoms with van der Waals surface area (Å²) in [5, 5.41) is 0.536. The minimum Gasteiger partial charge on any atom is -0.477 e. The number of rotatable bonds is 3. The summed E-state index contributed by atoms with van der Waals surface area (Å²) in [7, 11) is 0. The van der Waals surface area contributed by atoms with Gasteiger partial charge in [0.25, 0.3) is 0 Å². The van der Waals surface area contributed by atoms with Crippen molar-refractivity contribution in [1.82, 2.24) is 4.90 Å². The highest BCUT2D eigenvalue weighted by Gasteiger charge is 2.34. The van der Waals surface area contributed by atoms with Crippen LogP contribution in [0.25, 0.3) is 6.08 Å². The number of fused-ring (bicyclic) bond motifs is 3. The summed E-state index contributed by atoms with van der Waals surface area (Å²) in [6, 6.07) is 9.22. The average Bonchev–Trinajstić information content (AvgIpc) is 3.42. The Balaban J connectivity index is 1.33. The van der Waals surface area contributed by atoms with Crippen LogP contribution in [0.2, 0.25) is 5.02 Å². The fourth-order valence-electron chi connectivity index (χ4n) is 4.48. The fraction of sp³-hybridized carbons (Fsp3) is 0.240. The molecule has 0 bridgehead atoms. The number of Topliss-reactive ketones (excluding diaryl/α,β-unsaturated/α-hetero) is 1. The van der Waals surface area contributed by atoms with E-state index in [9.17, 15) is 4.79 Å². The maximum atomic E-state index is 13.3. The zero-order valence-corrected chi connectivity index (χ0v) is 18.6. The van der Waals surface area contributed by atoms with Gasteiger partial charge in [-0.25, -0.2) is 0 Å². The summed E-state index contributed by atoms with van der Waals surface area (Å²) in [4.78, 5) is 15.4. The van der Waals surface area contributed by atoms with Crippen molar-refractivity contribution in [1.29, 1.82) is 0 Å². The van der Waals surface area contributed by atoms with E-state index in [1.807, 2.05) is 25.1 Å². The maximum absolute atomic E-state index is 13.3. The third kappa shape index (κ3) is 3.58. The molecular weight excluding hydrogens is 446 g/mol. The predicted molar refractivity (Wildman–Crippen MR) is 119 cm³/mol. The van der Waals surface area contributed by atoms with Crippen molar-refractivity contribution < 1.29 is 28.2 Å². The molecule has 33 heavy (non-hydrogen) atoms. The Hall–Kier alpha value is -3.26. The molecule has 8 heteroatoms. The number of carbonyl (C=O) groups excluding carboxylic acids is 1. The number of hydrogen-bond acceptors (Lipinski definition) is 7. The van der Waals surface area contributed by atoms with E-state index in [-0.39, 0.29) is 18.3 Å². The van der Waals surface area contributed by atoms with Crippen molar-refractivity contribution in [2.45, 2.75) is 26.6 Å². The van der Waals surface area contributed by atoms with Gasteiger partial charge in [0.05, 0.1) is 25.0 Å². The number of ether oxygens (including phenoxy) is 4. The maximum Gasteiger partial charge on any atom is 0.231 e. The summed E-state index contributed by atoms with van der Waals surface area (Å²) in [5.74, 6) is 2.85. The normalized spacial score (nSPS) is 18.2. The molecule has 3 aliphatic rings. The summed E-state index contributed by atoms with van der Waals surface area (Å²) in [5.41, 5.74) is 3.80. The highest BCUT2D eigenvalue weighted by atomic mass is 35.5. The quantitative estimate of drug-likeness (QED) is 0.500. The molecule has 4 heterocycles. The van der Waals surface area contributed by atoms with Gasteiger partial charge in [0.2, 0.25) is 5.78 Å². The minimum atomic E-state index is -0.181. The average molecular weight is 466 g/mol. The highest BCUT2D eigenvalue weighted by Crippen LogP contribution is 2.44. The van der Waals surface area contributed by atoms with Crippen molar-refractivity contribution in [3.63, 3.8) is 0 Å². The van der Waals surface area contributed by atoms with Crippen LogP contribution in [0.1, 0.15) is 38.4 Å². The molecule has 3 aliphatic heterocycles. The van der Waals surface area contributed by atoms with Gasteiger partial charge < -0.3 is 23.4 Å². The number of carbonyl (C=O) groups is 1. The first kappa shape index (κ1) is 20.4. The molecule has 0 saturated carbocycles. The Morgan fingerprint density at radius 1 is 1.12 bits per heavy atom. The number of hydrogen-bond donors (Lipinski definition) is 0. The molecule has 168 valence electrons. The molecule has 2 aromatic carbocycles. The van der Waals surface area contributed by atoms with Crippen LogP contribution in [0.5, 0.6) is 17.2 Å². The SMILES string of the molecule is Cc1c2c(cc3c1O/C(=C\c1cc(Cl)cc4c1OCOC4)C3=O)CN(Cc1ccco1)CO2. The lowest BCUT2D eigenvalue weighted by molar-refractivity contribution is -0.0165. The van der Waals surface area contributed by atoms with Gasteiger partial charge in [-0.15, -0.1) is 0 Å². The van der Waals surface area contributed by atoms with E-state index in [0.717, 1.165) is 28.2 Å². The van der Waals surface area contributed by atoms with Crippen LogP contribution in [0.3, 0.4) is 0 Å². The van der Waals surface area contributed by atoms with E-state index in [2.05, 4.69) is 4.90 Å². The van der Waals surface area contributed by atoms with Crippen LogP contribution in [-0.4, -0.2) is 24.2 Å². The van der Waals surface area contributed by atoms with E-state index in [1.54, 1.807) is 24.5 Å². The van der Waals surface area contributed by atoms with Crippen LogP contribution < -0.4 is 14.2 Å². The van der Waals surface area contributed by atoms with E-state index in [4.69, 9.17) is 35.0 Å². The number of benzene rings is 2. The highest BCUT2D eigenvalue weighted by molar-refractivity contribution is 6.31. The van der Waals surface area contributed by atoms with Gasteiger partial charge >= 0.3 is 0 Å². The Morgan fingerprint density at radius 3 is 2.88 bits per heavy atom. The molecule has 0 N–H and O–H groups in total. The molecular formula is C25H20ClNO6. The van der Waals surface area contributed by atoms with Crippen LogP contribution in [0.4, 0.5) is 0 Å². The van der Waals surface area contributed by atoms with Crippen molar-refractivity contribution in [3.8, 4) is 17.2 Å². The van der Waals surface area contributed by atoms with Crippen LogP contribution in [-0.2, 0) is 24.4 Å². The van der Waals surface area contributed by atoms with Crippen LogP contribution in [0, 0.1) is 6.92 Å². The van der Waals surface area contributed by atoms with Gasteiger partial charge in [0, 0.05) is 33.8 Å². The van der Waals surface area contributed by atoms with Crippen LogP contribution >= 0.6 is 11.6 Å². The number of halogens is 1. The molecule has 7 nitrogen and oxygen atoms in total. The second kappa shape index (κ2) is 7.95. The largest absolute Gasteiger partial charge is 0.477 e. The smallest absolute Gasteiger partial charge is 0.231 e. The predicted octanol–water partition coefficient (Wildman–Crippen LogP) is 5.08. The first-order valence-electron chi connectivity index (χ1n) is 10.6. The monoisotopic (exact) mass is 465 g/mol. The number of allylic oxidation sites excluding steroid dienone is 1. The molecule has 0 spiro atoms. The molecule has 0 radical (unpaired) electrons. The molecule has 6 rings (SSSR count). The zero-order valence-electron chi connectivity index (χ0n) is 17.9. The van der Waals surface area contributed by atoms with Gasteiger partial charge in [0.15, 0.2) is 12.6 Å². The minimum absolute atomic E-state index is 0.150. The third-order valence-electron chi connectivity index (χ3n) is 5.95. The standard InChI is InChI=1S/C25H20ClNO6/c1-14-23-16(9-27(12-31-23)10-19-3-2-4-30-19)7-20-22(28)21(33-24(14)20)8-15-5-18(26)6-17-11-29-13-32-25(15)17/h2-8H,9-13H2,1H3/b21-8-. The Kier molecular flexibility index (Phi) is 4.90. The van der Waals surface area contributed by atoms with Gasteiger partial charge in [-0.3, -0.25) is 9.69 Å². The van der Waals surface area contributed by atoms with Crippen LogP contribution in [0.15, 0.2) is 46.8 Å². The second-order valence-electron chi connectivity index (χ2n) is 8.24. The summed E-state index contributed by atoms with van der Waals surface area (Å²) in [6.07, 6.45) is 3.34. The van der Waals surface area contributed by atoms with Gasteiger partial charge in [0.1, 0.15) is 29.7 Å². The third-order valence-corrected chi connectivity index (χ3v) is 6.17. The van der Waals surface area contributed by atoms with Crippen molar-refractivity contribution in [2.24, 2.45) is 0 Å². The van der Waals surface area contributed by atoms with Gasteiger partial charge in [-0.2, -0.15) is 0 Å². The lowest BCUT2D eigenvalue weighted by Gasteiger charge is -2.29. The number of furan rings is 1. The Labute approximate surface area is 195 Å². The molecule has 1 aromatic heterocycles. The number of nitrogens with zero attached hydrogens (tertiary/aromatic N) is 1. The molecule has 0 amide bonds. The van der Waals surface area contributed by atoms with Gasteiger partial charge in [-0.05, 0) is 43.3 Å². The van der Waals surface area contributed by atoms with E-state index < -0.39 is 0 Å². The Bertz CT molecular complexity index is 1300. The number of ketones is 1. The van der Waals surface area contributed by atoms with E-state index in [0.29, 0.717) is 54.1 Å². The van der Waals surface area contributed by atoms with Gasteiger partial charge in [-0.1, -0.05) is 11.6 Å².